The Bertz CT molecular complexity index is 469. The van der Waals surface area contributed by atoms with Crippen LogP contribution >= 0.6 is 23.4 Å². The second-order valence-electron chi connectivity index (χ2n) is 5.30. The lowest BCUT2D eigenvalue weighted by molar-refractivity contribution is 0.171. The van der Waals surface area contributed by atoms with E-state index in [0.717, 1.165) is 24.4 Å². The van der Waals surface area contributed by atoms with Gasteiger partial charge in [0.2, 0.25) is 0 Å². The van der Waals surface area contributed by atoms with Crippen molar-refractivity contribution < 1.29 is 9.47 Å². The first-order valence-corrected chi connectivity index (χ1v) is 9.08. The Kier molecular flexibility index (Phi) is 6.08. The Morgan fingerprint density at radius 2 is 1.95 bits per heavy atom. The summed E-state index contributed by atoms with van der Waals surface area (Å²) >= 11 is 8.21. The summed E-state index contributed by atoms with van der Waals surface area (Å²) in [6.45, 7) is 7.44. The molecule has 1 aliphatic rings. The van der Waals surface area contributed by atoms with Crippen molar-refractivity contribution in [1.82, 2.24) is 5.32 Å². The maximum absolute atomic E-state index is 6.26. The van der Waals surface area contributed by atoms with Crippen LogP contribution in [-0.2, 0) is 6.54 Å². The molecule has 5 heteroatoms. The van der Waals surface area contributed by atoms with Crippen molar-refractivity contribution in [3.63, 3.8) is 0 Å². The fourth-order valence-corrected chi connectivity index (χ4v) is 3.67. The Morgan fingerprint density at radius 3 is 2.62 bits per heavy atom. The van der Waals surface area contributed by atoms with Crippen molar-refractivity contribution in [3.05, 3.63) is 22.7 Å². The quantitative estimate of drug-likeness (QED) is 0.815. The molecule has 0 bridgehead atoms. The van der Waals surface area contributed by atoms with E-state index in [0.29, 0.717) is 28.7 Å². The summed E-state index contributed by atoms with van der Waals surface area (Å²) in [6.07, 6.45) is 4.52. The van der Waals surface area contributed by atoms with E-state index in [-0.39, 0.29) is 0 Å². The molecule has 1 aromatic carbocycles. The summed E-state index contributed by atoms with van der Waals surface area (Å²) in [5, 5.41) is 4.18. The molecule has 0 saturated heterocycles. The van der Waals surface area contributed by atoms with E-state index in [4.69, 9.17) is 21.1 Å². The molecule has 0 unspecified atom stereocenters. The van der Waals surface area contributed by atoms with Gasteiger partial charge < -0.3 is 14.8 Å². The molecule has 3 nitrogen and oxygen atoms in total. The fourth-order valence-electron chi connectivity index (χ4n) is 2.56. The summed E-state index contributed by atoms with van der Waals surface area (Å²) < 4.78 is 11.5. The van der Waals surface area contributed by atoms with Crippen LogP contribution in [0.1, 0.15) is 32.3 Å². The Balaban J connectivity index is 1.99. The van der Waals surface area contributed by atoms with Crippen molar-refractivity contribution in [2.45, 2.75) is 38.0 Å². The van der Waals surface area contributed by atoms with Gasteiger partial charge >= 0.3 is 0 Å². The van der Waals surface area contributed by atoms with E-state index in [2.05, 4.69) is 25.4 Å². The van der Waals surface area contributed by atoms with Crippen LogP contribution in [0.3, 0.4) is 0 Å². The first-order chi connectivity index (χ1) is 10.1. The van der Waals surface area contributed by atoms with Crippen LogP contribution in [0.2, 0.25) is 5.02 Å². The van der Waals surface area contributed by atoms with Crippen LogP contribution in [0.25, 0.3) is 0 Å². The SMILES string of the molecule is CCC(CC)(CNCc1cc(Cl)c2c(c1)OCCO2)SC. The number of nitrogens with one attached hydrogen (secondary N) is 1. The largest absolute Gasteiger partial charge is 0.486 e. The molecule has 0 aromatic heterocycles. The summed E-state index contributed by atoms with van der Waals surface area (Å²) in [6, 6.07) is 3.98. The summed E-state index contributed by atoms with van der Waals surface area (Å²) in [4.78, 5) is 0. The van der Waals surface area contributed by atoms with Crippen LogP contribution in [0.15, 0.2) is 12.1 Å². The molecule has 0 aliphatic carbocycles. The molecule has 1 aromatic rings. The van der Waals surface area contributed by atoms with Crippen molar-refractivity contribution in [1.29, 1.82) is 0 Å². The standard InChI is InChI=1S/C16H24ClNO2S/c1-4-16(5-2,21-3)11-18-10-12-8-13(17)15-14(9-12)19-6-7-20-15/h8-9,18H,4-7,10-11H2,1-3H3. The molecular formula is C16H24ClNO2S. The van der Waals surface area contributed by atoms with E-state index in [1.807, 2.05) is 23.9 Å². The summed E-state index contributed by atoms with van der Waals surface area (Å²) in [7, 11) is 0. The number of halogens is 1. The molecule has 0 spiro atoms. The van der Waals surface area contributed by atoms with Gasteiger partial charge in [0.1, 0.15) is 13.2 Å². The lowest BCUT2D eigenvalue weighted by Gasteiger charge is -2.30. The van der Waals surface area contributed by atoms with Crippen LogP contribution in [-0.4, -0.2) is 30.8 Å². The predicted octanol–water partition coefficient (Wildman–Crippen LogP) is 4.12. The zero-order valence-electron chi connectivity index (χ0n) is 13.0. The maximum atomic E-state index is 6.26. The Morgan fingerprint density at radius 1 is 1.24 bits per heavy atom. The first-order valence-electron chi connectivity index (χ1n) is 7.48. The van der Waals surface area contributed by atoms with Crippen molar-refractivity contribution >= 4 is 23.4 Å². The Hall–Kier alpha value is -0.580. The molecule has 0 saturated carbocycles. The van der Waals surface area contributed by atoms with Gasteiger partial charge in [-0.05, 0) is 36.8 Å². The zero-order chi connectivity index (χ0) is 15.3. The van der Waals surface area contributed by atoms with Crippen molar-refractivity contribution in [3.8, 4) is 11.5 Å². The molecule has 0 fully saturated rings. The number of thioether (sulfide) groups is 1. The smallest absolute Gasteiger partial charge is 0.179 e. The second-order valence-corrected chi connectivity index (χ2v) is 6.98. The van der Waals surface area contributed by atoms with Gasteiger partial charge in [0.15, 0.2) is 11.5 Å². The molecule has 1 aliphatic heterocycles. The molecule has 21 heavy (non-hydrogen) atoms. The molecule has 0 radical (unpaired) electrons. The van der Waals surface area contributed by atoms with Gasteiger partial charge in [-0.2, -0.15) is 11.8 Å². The second kappa shape index (κ2) is 7.61. The lowest BCUT2D eigenvalue weighted by atomic mass is 10.0. The van der Waals surface area contributed by atoms with Gasteiger partial charge in [-0.1, -0.05) is 25.4 Å². The highest BCUT2D eigenvalue weighted by atomic mass is 35.5. The number of hydrogen-bond acceptors (Lipinski definition) is 4. The van der Waals surface area contributed by atoms with Crippen molar-refractivity contribution in [2.75, 3.05) is 26.0 Å². The highest BCUT2D eigenvalue weighted by Crippen LogP contribution is 2.38. The summed E-state index contributed by atoms with van der Waals surface area (Å²) in [5.41, 5.74) is 1.13. The molecule has 0 atom stereocenters. The molecule has 0 amide bonds. The minimum atomic E-state index is 0.317. The summed E-state index contributed by atoms with van der Waals surface area (Å²) in [5.74, 6) is 1.43. The minimum Gasteiger partial charge on any atom is -0.486 e. The van der Waals surface area contributed by atoms with Gasteiger partial charge in [0.05, 0.1) is 5.02 Å². The molecule has 118 valence electrons. The highest BCUT2D eigenvalue weighted by Gasteiger charge is 2.24. The van der Waals surface area contributed by atoms with Crippen LogP contribution < -0.4 is 14.8 Å². The van der Waals surface area contributed by atoms with E-state index >= 15 is 0 Å². The lowest BCUT2D eigenvalue weighted by Crippen LogP contribution is -2.36. The van der Waals surface area contributed by atoms with Gasteiger partial charge in [0, 0.05) is 17.8 Å². The zero-order valence-corrected chi connectivity index (χ0v) is 14.6. The molecule has 1 N–H and O–H groups in total. The third-order valence-electron chi connectivity index (χ3n) is 4.15. The monoisotopic (exact) mass is 329 g/mol. The number of benzene rings is 1. The van der Waals surface area contributed by atoms with E-state index < -0.39 is 0 Å². The number of rotatable bonds is 7. The third-order valence-corrected chi connectivity index (χ3v) is 6.02. The van der Waals surface area contributed by atoms with E-state index in [9.17, 15) is 0 Å². The maximum Gasteiger partial charge on any atom is 0.179 e. The first kappa shape index (κ1) is 16.8. The van der Waals surface area contributed by atoms with E-state index in [1.54, 1.807) is 0 Å². The predicted molar refractivity (Wildman–Crippen MR) is 91.0 cm³/mol. The third kappa shape index (κ3) is 3.99. The average Bonchev–Trinajstić information content (AvgIpc) is 2.52. The number of ether oxygens (including phenoxy) is 2. The highest BCUT2D eigenvalue weighted by molar-refractivity contribution is 8.00. The minimum absolute atomic E-state index is 0.317. The van der Waals surface area contributed by atoms with Crippen LogP contribution in [0.5, 0.6) is 11.5 Å². The van der Waals surface area contributed by atoms with Gasteiger partial charge in [-0.15, -0.1) is 0 Å². The van der Waals surface area contributed by atoms with Crippen LogP contribution in [0, 0.1) is 0 Å². The number of hydrogen-bond donors (Lipinski definition) is 1. The topological polar surface area (TPSA) is 30.5 Å². The molecular weight excluding hydrogens is 306 g/mol. The number of fused-ring (bicyclic) bond motifs is 1. The van der Waals surface area contributed by atoms with Gasteiger partial charge in [-0.3, -0.25) is 0 Å². The van der Waals surface area contributed by atoms with E-state index in [1.165, 1.54) is 12.8 Å². The average molecular weight is 330 g/mol. The normalized spacial score (nSPS) is 14.3. The fraction of sp³-hybridized carbons (Fsp3) is 0.625. The van der Waals surface area contributed by atoms with Crippen LogP contribution in [0.4, 0.5) is 0 Å². The van der Waals surface area contributed by atoms with Gasteiger partial charge in [-0.25, -0.2) is 0 Å². The van der Waals surface area contributed by atoms with Gasteiger partial charge in [0.25, 0.3) is 0 Å². The molecule has 2 rings (SSSR count). The van der Waals surface area contributed by atoms with Crippen molar-refractivity contribution in [2.24, 2.45) is 0 Å². The molecule has 1 heterocycles. The Labute approximate surface area is 136 Å².